The van der Waals surface area contributed by atoms with E-state index in [-0.39, 0.29) is 11.8 Å². The number of rotatable bonds is 3. The number of nitrogens with zero attached hydrogens (tertiary/aromatic N) is 1. The molecular weight excluding hydrogens is 308 g/mol. The molecule has 2 aliphatic rings. The van der Waals surface area contributed by atoms with Gasteiger partial charge in [-0.1, -0.05) is 6.07 Å². The first-order chi connectivity index (χ1) is 11.2. The Kier molecular flexibility index (Phi) is 3.65. The molecule has 1 aliphatic heterocycles. The van der Waals surface area contributed by atoms with Gasteiger partial charge in [0.2, 0.25) is 5.91 Å². The number of hydrogen-bond donors (Lipinski definition) is 1. The second-order valence-electron chi connectivity index (χ2n) is 6.23. The summed E-state index contributed by atoms with van der Waals surface area (Å²) in [5.74, 6) is 0.467. The average molecular weight is 326 g/mol. The lowest BCUT2D eigenvalue weighted by Gasteiger charge is -2.29. The number of carbonyl (C=O) groups is 2. The van der Waals surface area contributed by atoms with Gasteiger partial charge in [0, 0.05) is 30.1 Å². The van der Waals surface area contributed by atoms with Crippen LogP contribution in [0.2, 0.25) is 0 Å². The van der Waals surface area contributed by atoms with Crippen LogP contribution in [0.3, 0.4) is 0 Å². The van der Waals surface area contributed by atoms with Gasteiger partial charge < -0.3 is 10.2 Å². The second-order valence-corrected chi connectivity index (χ2v) is 7.01. The number of thiophene rings is 1. The first kappa shape index (κ1) is 14.5. The minimum Gasteiger partial charge on any atom is -0.338 e. The van der Waals surface area contributed by atoms with Crippen molar-refractivity contribution >= 4 is 28.8 Å². The van der Waals surface area contributed by atoms with E-state index in [1.54, 1.807) is 0 Å². The molecule has 0 unspecified atom stereocenters. The minimum absolute atomic E-state index is 0.0899. The molecule has 0 radical (unpaired) electrons. The largest absolute Gasteiger partial charge is 0.338 e. The number of nitrogens with one attached hydrogen (secondary N) is 1. The van der Waals surface area contributed by atoms with Crippen molar-refractivity contribution in [3.63, 3.8) is 0 Å². The van der Waals surface area contributed by atoms with Crippen LogP contribution in [0.15, 0.2) is 35.0 Å². The Morgan fingerprint density at radius 1 is 1.17 bits per heavy atom. The first-order valence-corrected chi connectivity index (χ1v) is 8.89. The van der Waals surface area contributed by atoms with E-state index in [4.69, 9.17) is 0 Å². The zero-order chi connectivity index (χ0) is 15.8. The molecule has 4 rings (SSSR count). The quantitative estimate of drug-likeness (QED) is 0.941. The fraction of sp³-hybridized carbons (Fsp3) is 0.333. The Hall–Kier alpha value is -2.14. The van der Waals surface area contributed by atoms with E-state index in [1.807, 2.05) is 33.9 Å². The van der Waals surface area contributed by atoms with Crippen molar-refractivity contribution < 1.29 is 9.59 Å². The third kappa shape index (κ3) is 3.01. The lowest BCUT2D eigenvalue weighted by atomic mass is 9.98. The Morgan fingerprint density at radius 3 is 2.78 bits per heavy atom. The van der Waals surface area contributed by atoms with Gasteiger partial charge in [0.15, 0.2) is 0 Å². The molecule has 1 N–H and O–H groups in total. The summed E-state index contributed by atoms with van der Waals surface area (Å²) in [6.45, 7) is 1.47. The minimum atomic E-state index is -0.0899. The summed E-state index contributed by atoms with van der Waals surface area (Å²) >= 11 is 1.51. The normalized spacial score (nSPS) is 16.8. The predicted molar refractivity (Wildman–Crippen MR) is 90.6 cm³/mol. The molecule has 118 valence electrons. The molecule has 1 aromatic heterocycles. The van der Waals surface area contributed by atoms with Gasteiger partial charge in [-0.25, -0.2) is 0 Å². The molecule has 4 nitrogen and oxygen atoms in total. The van der Waals surface area contributed by atoms with Crippen LogP contribution in [0.5, 0.6) is 0 Å². The van der Waals surface area contributed by atoms with E-state index in [1.165, 1.54) is 16.9 Å². The van der Waals surface area contributed by atoms with E-state index in [2.05, 4.69) is 11.4 Å². The van der Waals surface area contributed by atoms with Crippen LogP contribution in [0.4, 0.5) is 5.69 Å². The first-order valence-electron chi connectivity index (χ1n) is 7.95. The molecule has 0 saturated heterocycles. The van der Waals surface area contributed by atoms with Crippen molar-refractivity contribution in [2.45, 2.75) is 25.8 Å². The van der Waals surface area contributed by atoms with Gasteiger partial charge in [-0.3, -0.25) is 9.59 Å². The van der Waals surface area contributed by atoms with Crippen LogP contribution in [-0.4, -0.2) is 23.3 Å². The van der Waals surface area contributed by atoms with Crippen LogP contribution in [0.25, 0.3) is 0 Å². The number of hydrogen-bond acceptors (Lipinski definition) is 3. The fourth-order valence-electron chi connectivity index (χ4n) is 3.01. The van der Waals surface area contributed by atoms with E-state index >= 15 is 0 Å². The molecule has 23 heavy (non-hydrogen) atoms. The van der Waals surface area contributed by atoms with E-state index in [0.29, 0.717) is 18.0 Å². The molecule has 1 saturated carbocycles. The zero-order valence-electron chi connectivity index (χ0n) is 12.7. The van der Waals surface area contributed by atoms with Gasteiger partial charge >= 0.3 is 0 Å². The Morgan fingerprint density at radius 2 is 2.04 bits per heavy atom. The van der Waals surface area contributed by atoms with Gasteiger partial charge in [0.1, 0.15) is 0 Å². The smallest absolute Gasteiger partial charge is 0.256 e. The summed E-state index contributed by atoms with van der Waals surface area (Å²) in [5, 5.41) is 6.67. The number of fused-ring (bicyclic) bond motifs is 1. The topological polar surface area (TPSA) is 49.4 Å². The van der Waals surface area contributed by atoms with Crippen molar-refractivity contribution in [1.82, 2.24) is 4.90 Å². The van der Waals surface area contributed by atoms with Crippen LogP contribution >= 0.6 is 11.3 Å². The maximum atomic E-state index is 12.2. The molecule has 1 aromatic carbocycles. The lowest BCUT2D eigenvalue weighted by Crippen LogP contribution is -2.36. The van der Waals surface area contributed by atoms with Gasteiger partial charge in [0.25, 0.3) is 5.91 Å². The highest BCUT2D eigenvalue weighted by atomic mass is 32.1. The molecule has 0 bridgehead atoms. The van der Waals surface area contributed by atoms with Crippen molar-refractivity contribution in [2.75, 3.05) is 11.9 Å². The van der Waals surface area contributed by atoms with Crippen molar-refractivity contribution in [1.29, 1.82) is 0 Å². The Bertz CT molecular complexity index is 750. The monoisotopic (exact) mass is 326 g/mol. The SMILES string of the molecule is O=C(Nc1ccc2c(c1)CN(C(=O)C1CC1)CC2)c1ccsc1. The predicted octanol–water partition coefficient (Wildman–Crippen LogP) is 3.30. The fourth-order valence-corrected chi connectivity index (χ4v) is 3.64. The molecule has 1 fully saturated rings. The Labute approximate surface area is 139 Å². The van der Waals surface area contributed by atoms with E-state index in [9.17, 15) is 9.59 Å². The number of anilines is 1. The molecule has 2 heterocycles. The molecule has 2 aromatic rings. The highest BCUT2D eigenvalue weighted by Crippen LogP contribution is 2.33. The summed E-state index contributed by atoms with van der Waals surface area (Å²) < 4.78 is 0. The van der Waals surface area contributed by atoms with Gasteiger partial charge in [-0.15, -0.1) is 0 Å². The van der Waals surface area contributed by atoms with Crippen molar-refractivity contribution in [3.8, 4) is 0 Å². The molecule has 0 spiro atoms. The summed E-state index contributed by atoms with van der Waals surface area (Å²) in [4.78, 5) is 26.4. The van der Waals surface area contributed by atoms with E-state index in [0.717, 1.165) is 37.1 Å². The number of carbonyl (C=O) groups excluding carboxylic acids is 2. The maximum absolute atomic E-state index is 12.2. The molecular formula is C18H18N2O2S. The number of benzene rings is 1. The summed E-state index contributed by atoms with van der Waals surface area (Å²) in [5.41, 5.74) is 3.89. The van der Waals surface area contributed by atoms with Crippen molar-refractivity contribution in [3.05, 3.63) is 51.7 Å². The van der Waals surface area contributed by atoms with Gasteiger partial charge in [-0.05, 0) is 54.0 Å². The van der Waals surface area contributed by atoms with Crippen LogP contribution in [-0.2, 0) is 17.8 Å². The average Bonchev–Trinajstić information content (AvgIpc) is 3.27. The number of amides is 2. The highest BCUT2D eigenvalue weighted by molar-refractivity contribution is 7.08. The zero-order valence-corrected chi connectivity index (χ0v) is 13.6. The van der Waals surface area contributed by atoms with Gasteiger partial charge in [-0.2, -0.15) is 11.3 Å². The molecule has 2 amide bonds. The van der Waals surface area contributed by atoms with Crippen LogP contribution < -0.4 is 5.32 Å². The maximum Gasteiger partial charge on any atom is 0.256 e. The Balaban J connectivity index is 1.50. The molecule has 0 atom stereocenters. The highest BCUT2D eigenvalue weighted by Gasteiger charge is 2.34. The molecule has 1 aliphatic carbocycles. The second kappa shape index (κ2) is 5.81. The van der Waals surface area contributed by atoms with Crippen LogP contribution in [0, 0.1) is 5.92 Å². The summed E-state index contributed by atoms with van der Waals surface area (Å²) in [6.07, 6.45) is 2.98. The van der Waals surface area contributed by atoms with Gasteiger partial charge in [0.05, 0.1) is 5.56 Å². The summed E-state index contributed by atoms with van der Waals surface area (Å²) in [6, 6.07) is 7.83. The van der Waals surface area contributed by atoms with E-state index < -0.39 is 0 Å². The third-order valence-electron chi connectivity index (χ3n) is 4.50. The third-order valence-corrected chi connectivity index (χ3v) is 5.18. The summed E-state index contributed by atoms with van der Waals surface area (Å²) in [7, 11) is 0. The molecule has 5 heteroatoms. The van der Waals surface area contributed by atoms with Crippen molar-refractivity contribution in [2.24, 2.45) is 5.92 Å². The van der Waals surface area contributed by atoms with Crippen LogP contribution in [0.1, 0.15) is 34.3 Å². The lowest BCUT2D eigenvalue weighted by molar-refractivity contribution is -0.133. The standard InChI is InChI=1S/C18H18N2O2S/c21-17(14-6-8-23-11-14)19-16-4-3-12-5-7-20(10-15(12)9-16)18(22)13-1-2-13/h3-4,6,8-9,11,13H,1-2,5,7,10H2,(H,19,21).